The van der Waals surface area contributed by atoms with Crippen LogP contribution in [0.2, 0.25) is 0 Å². The molecular formula is C46H74O4. The van der Waals surface area contributed by atoms with Gasteiger partial charge in [0.2, 0.25) is 0 Å². The maximum Gasteiger partial charge on any atom is 0.306 e. The zero-order chi connectivity index (χ0) is 36.4. The molecule has 0 aliphatic rings. The number of carbonyl (C=O) groups excluding carboxylic acids is 1. The fourth-order valence-electron chi connectivity index (χ4n) is 5.38. The first-order valence-corrected chi connectivity index (χ1v) is 20.2. The van der Waals surface area contributed by atoms with Gasteiger partial charge in [-0.2, -0.15) is 0 Å². The van der Waals surface area contributed by atoms with Gasteiger partial charge in [0, 0.05) is 12.8 Å². The number of carboxylic acids is 1. The van der Waals surface area contributed by atoms with E-state index in [1.807, 2.05) is 0 Å². The number of unbranched alkanes of at least 4 members (excludes halogenated alkanes) is 12. The van der Waals surface area contributed by atoms with Gasteiger partial charge in [-0.25, -0.2) is 0 Å². The third kappa shape index (κ3) is 39.3. The number of hydrogen-bond donors (Lipinski definition) is 1. The van der Waals surface area contributed by atoms with Crippen LogP contribution in [0.25, 0.3) is 0 Å². The first kappa shape index (κ1) is 46.9. The zero-order valence-corrected chi connectivity index (χ0v) is 32.2. The molecule has 0 aromatic rings. The second-order valence-electron chi connectivity index (χ2n) is 13.1. The summed E-state index contributed by atoms with van der Waals surface area (Å²) >= 11 is 0. The minimum atomic E-state index is -0.722. The molecule has 1 atom stereocenters. The summed E-state index contributed by atoms with van der Waals surface area (Å²) in [6.07, 6.45) is 60.1. The summed E-state index contributed by atoms with van der Waals surface area (Å²) in [6, 6.07) is 0. The highest BCUT2D eigenvalue weighted by molar-refractivity contribution is 5.69. The van der Waals surface area contributed by atoms with E-state index in [1.54, 1.807) is 0 Å². The number of aliphatic carboxylic acids is 1. The average Bonchev–Trinajstić information content (AvgIpc) is 3.10. The molecule has 4 heteroatoms. The summed E-state index contributed by atoms with van der Waals surface area (Å²) in [4.78, 5) is 23.4. The smallest absolute Gasteiger partial charge is 0.306 e. The molecule has 282 valence electrons. The highest BCUT2D eigenvalue weighted by atomic mass is 16.5. The summed E-state index contributed by atoms with van der Waals surface area (Å²) in [5, 5.41) is 8.81. The monoisotopic (exact) mass is 691 g/mol. The third-order valence-electron chi connectivity index (χ3n) is 8.29. The van der Waals surface area contributed by atoms with Crippen molar-refractivity contribution in [2.75, 3.05) is 0 Å². The lowest BCUT2D eigenvalue weighted by molar-refractivity contribution is -0.147. The molecule has 0 amide bonds. The molecule has 0 rings (SSSR count). The van der Waals surface area contributed by atoms with Gasteiger partial charge in [0.1, 0.15) is 6.10 Å². The normalized spacial score (nSPS) is 13.3. The van der Waals surface area contributed by atoms with Crippen molar-refractivity contribution in [1.82, 2.24) is 0 Å². The Hall–Kier alpha value is -3.14. The Kier molecular flexibility index (Phi) is 37.8. The predicted octanol–water partition coefficient (Wildman–Crippen LogP) is 14.2. The molecule has 0 spiro atoms. The number of hydrogen-bond acceptors (Lipinski definition) is 3. The summed E-state index contributed by atoms with van der Waals surface area (Å²) in [7, 11) is 0. The Morgan fingerprint density at radius 1 is 0.460 bits per heavy atom. The molecule has 50 heavy (non-hydrogen) atoms. The molecule has 0 saturated heterocycles. The Morgan fingerprint density at radius 3 is 1.32 bits per heavy atom. The molecule has 0 saturated carbocycles. The minimum Gasteiger partial charge on any atom is -0.481 e. The molecule has 1 N–H and O–H groups in total. The van der Waals surface area contributed by atoms with Gasteiger partial charge >= 0.3 is 11.9 Å². The van der Waals surface area contributed by atoms with Crippen molar-refractivity contribution < 1.29 is 19.4 Å². The molecular weight excluding hydrogens is 617 g/mol. The molecule has 4 nitrogen and oxygen atoms in total. The van der Waals surface area contributed by atoms with Gasteiger partial charge in [0.15, 0.2) is 0 Å². The van der Waals surface area contributed by atoms with E-state index in [0.717, 1.165) is 103 Å². The molecule has 0 aromatic carbocycles. The van der Waals surface area contributed by atoms with Gasteiger partial charge in [-0.1, -0.05) is 163 Å². The maximum atomic E-state index is 12.6. The quantitative estimate of drug-likeness (QED) is 0.0408. The van der Waals surface area contributed by atoms with Crippen molar-refractivity contribution in [3.8, 4) is 0 Å². The highest BCUT2D eigenvalue weighted by Gasteiger charge is 2.11. The molecule has 0 heterocycles. The zero-order valence-electron chi connectivity index (χ0n) is 32.2. The standard InChI is InChI=1S/C46H74O4/c1-3-5-7-9-11-13-15-16-17-18-19-20-21-22-23-24-26-28-30-35-39-43-46(49)50-44(41-37-33-31-34-38-42-45(47)48)40-36-32-29-27-25-14-12-10-8-6-4-2/h5-8,11-14,16-17,19-20,27,29,36,40,44H,3-4,9-10,15,18,21-26,28,30-35,37-39,41-43H2,1-2H3,(H,47,48)/b7-5-,8-6-,13-11-,14-12-,17-16-,20-19-,29-27-,40-36-. The number of allylic oxidation sites excluding steroid dienone is 15. The Labute approximate surface area is 308 Å². The molecule has 1 unspecified atom stereocenters. The van der Waals surface area contributed by atoms with Crippen LogP contribution in [0.4, 0.5) is 0 Å². The lowest BCUT2D eigenvalue weighted by Crippen LogP contribution is -2.16. The van der Waals surface area contributed by atoms with E-state index in [9.17, 15) is 9.59 Å². The van der Waals surface area contributed by atoms with Crippen LogP contribution in [0.5, 0.6) is 0 Å². The Balaban J connectivity index is 4.11. The maximum absolute atomic E-state index is 12.6. The summed E-state index contributed by atoms with van der Waals surface area (Å²) in [5.41, 5.74) is 0. The summed E-state index contributed by atoms with van der Waals surface area (Å²) in [6.45, 7) is 4.31. The van der Waals surface area contributed by atoms with Crippen molar-refractivity contribution in [3.05, 3.63) is 97.2 Å². The van der Waals surface area contributed by atoms with Crippen molar-refractivity contribution in [2.24, 2.45) is 0 Å². The van der Waals surface area contributed by atoms with Crippen LogP contribution in [-0.4, -0.2) is 23.1 Å². The van der Waals surface area contributed by atoms with Gasteiger partial charge in [-0.15, -0.1) is 0 Å². The van der Waals surface area contributed by atoms with E-state index >= 15 is 0 Å². The van der Waals surface area contributed by atoms with E-state index in [-0.39, 0.29) is 18.5 Å². The second kappa shape index (κ2) is 40.3. The van der Waals surface area contributed by atoms with Crippen molar-refractivity contribution in [2.45, 2.75) is 180 Å². The number of carboxylic acid groups (broad SMARTS) is 1. The SMILES string of the molecule is CC/C=C\C/C=C\C/C=C\C/C=C\CCCCCCCCCCC(=O)OC(/C=C\C/C=C\C/C=C\C/C=C\CC)CCCCCCCC(=O)O. The predicted molar refractivity (Wildman–Crippen MR) is 217 cm³/mol. The van der Waals surface area contributed by atoms with Gasteiger partial charge < -0.3 is 9.84 Å². The van der Waals surface area contributed by atoms with Gasteiger partial charge in [-0.3, -0.25) is 9.59 Å². The number of rotatable bonds is 35. The molecule has 0 fully saturated rings. The molecule has 0 bridgehead atoms. The largest absolute Gasteiger partial charge is 0.481 e. The number of carbonyl (C=O) groups is 2. The van der Waals surface area contributed by atoms with E-state index in [2.05, 4.69) is 111 Å². The van der Waals surface area contributed by atoms with E-state index in [4.69, 9.17) is 9.84 Å². The average molecular weight is 691 g/mol. The van der Waals surface area contributed by atoms with Gasteiger partial charge in [0.05, 0.1) is 0 Å². The summed E-state index contributed by atoms with van der Waals surface area (Å²) < 4.78 is 5.89. The fraction of sp³-hybridized carbons (Fsp3) is 0.609. The van der Waals surface area contributed by atoms with Crippen molar-refractivity contribution >= 4 is 11.9 Å². The summed E-state index contributed by atoms with van der Waals surface area (Å²) in [5.74, 6) is -0.810. The van der Waals surface area contributed by atoms with Crippen molar-refractivity contribution in [3.63, 3.8) is 0 Å². The minimum absolute atomic E-state index is 0.0882. The van der Waals surface area contributed by atoms with Gasteiger partial charge in [-0.05, 0) is 96.0 Å². The Morgan fingerprint density at radius 2 is 0.840 bits per heavy atom. The highest BCUT2D eigenvalue weighted by Crippen LogP contribution is 2.15. The van der Waals surface area contributed by atoms with Crippen molar-refractivity contribution in [1.29, 1.82) is 0 Å². The second-order valence-corrected chi connectivity index (χ2v) is 13.1. The van der Waals surface area contributed by atoms with E-state index in [1.165, 1.54) is 44.9 Å². The van der Waals surface area contributed by atoms with Gasteiger partial charge in [0.25, 0.3) is 0 Å². The van der Waals surface area contributed by atoms with E-state index < -0.39 is 5.97 Å². The first-order valence-electron chi connectivity index (χ1n) is 20.2. The molecule has 0 aromatic heterocycles. The molecule has 0 radical (unpaired) electrons. The Bertz CT molecular complexity index is 1010. The molecule has 0 aliphatic carbocycles. The first-order chi connectivity index (χ1) is 24.6. The van der Waals surface area contributed by atoms with Crippen LogP contribution in [0, 0.1) is 0 Å². The van der Waals surface area contributed by atoms with Crippen LogP contribution in [0.1, 0.15) is 174 Å². The number of esters is 1. The topological polar surface area (TPSA) is 63.6 Å². The van der Waals surface area contributed by atoms with E-state index in [0.29, 0.717) is 6.42 Å². The van der Waals surface area contributed by atoms with Crippen LogP contribution in [-0.2, 0) is 14.3 Å². The fourth-order valence-corrected chi connectivity index (χ4v) is 5.38. The van der Waals surface area contributed by atoms with Crippen LogP contribution in [0.15, 0.2) is 97.2 Å². The third-order valence-corrected chi connectivity index (χ3v) is 8.29. The van der Waals surface area contributed by atoms with Crippen LogP contribution >= 0.6 is 0 Å². The molecule has 0 aliphatic heterocycles. The lowest BCUT2D eigenvalue weighted by atomic mass is 10.1. The number of ether oxygens (including phenoxy) is 1. The van der Waals surface area contributed by atoms with Crippen LogP contribution < -0.4 is 0 Å². The van der Waals surface area contributed by atoms with Crippen LogP contribution in [0.3, 0.4) is 0 Å². The lowest BCUT2D eigenvalue weighted by Gasteiger charge is -2.14.